The van der Waals surface area contributed by atoms with Gasteiger partial charge in [0.15, 0.2) is 0 Å². The molecule has 0 saturated carbocycles. The van der Waals surface area contributed by atoms with Gasteiger partial charge >= 0.3 is 0 Å². The number of likely N-dealkylation sites (tertiary alicyclic amines) is 1. The molecule has 20 heavy (non-hydrogen) atoms. The minimum atomic E-state index is -0.168. The van der Waals surface area contributed by atoms with Gasteiger partial charge in [-0.25, -0.2) is 4.98 Å². The van der Waals surface area contributed by atoms with E-state index >= 15 is 0 Å². The first-order valence-corrected chi connectivity index (χ1v) is 7.28. The van der Waals surface area contributed by atoms with Crippen molar-refractivity contribution in [3.05, 3.63) is 36.2 Å². The average molecular weight is 271 g/mol. The van der Waals surface area contributed by atoms with Crippen LogP contribution in [0.3, 0.4) is 0 Å². The van der Waals surface area contributed by atoms with Crippen LogP contribution in [0.4, 0.5) is 0 Å². The fraction of sp³-hybridized carbons (Fsp3) is 0.500. The monoisotopic (exact) mass is 271 g/mol. The lowest BCUT2D eigenvalue weighted by Gasteiger charge is -2.40. The number of piperidine rings is 1. The van der Waals surface area contributed by atoms with E-state index in [1.54, 1.807) is 0 Å². The third-order valence-electron chi connectivity index (χ3n) is 4.20. The van der Waals surface area contributed by atoms with Gasteiger partial charge in [-0.3, -0.25) is 9.88 Å². The summed E-state index contributed by atoms with van der Waals surface area (Å²) in [5.74, 6) is 0. The molecule has 3 rings (SSSR count). The third kappa shape index (κ3) is 2.67. The maximum absolute atomic E-state index is 9.82. The molecule has 1 saturated heterocycles. The molecule has 1 N–H and O–H groups in total. The number of nitrogens with zero attached hydrogens (tertiary/aromatic N) is 3. The highest BCUT2D eigenvalue weighted by atomic mass is 16.3. The van der Waals surface area contributed by atoms with E-state index in [1.165, 1.54) is 0 Å². The molecule has 2 heterocycles. The van der Waals surface area contributed by atoms with Gasteiger partial charge in [-0.1, -0.05) is 12.1 Å². The second-order valence-electron chi connectivity index (χ2n) is 5.85. The van der Waals surface area contributed by atoms with Crippen molar-refractivity contribution in [3.63, 3.8) is 0 Å². The molecular formula is C16H21N3O. The van der Waals surface area contributed by atoms with Crippen molar-refractivity contribution in [1.29, 1.82) is 0 Å². The lowest BCUT2D eigenvalue weighted by atomic mass is 9.95. The number of aliphatic hydroxyl groups is 1. The molecule has 1 fully saturated rings. The number of para-hydroxylation sites is 2. The Morgan fingerprint density at radius 3 is 2.50 bits per heavy atom. The van der Waals surface area contributed by atoms with E-state index in [2.05, 4.69) is 23.7 Å². The number of aliphatic hydroxyl groups excluding tert-OH is 1. The van der Waals surface area contributed by atoms with E-state index in [0.29, 0.717) is 12.1 Å². The van der Waals surface area contributed by atoms with Gasteiger partial charge in [0.25, 0.3) is 0 Å². The zero-order valence-electron chi connectivity index (χ0n) is 12.0. The fourth-order valence-electron chi connectivity index (χ4n) is 3.16. The van der Waals surface area contributed by atoms with Crippen molar-refractivity contribution in [1.82, 2.24) is 14.9 Å². The van der Waals surface area contributed by atoms with Crippen LogP contribution in [0, 0.1) is 0 Å². The number of hydrogen-bond donors (Lipinski definition) is 1. The van der Waals surface area contributed by atoms with E-state index in [1.807, 2.05) is 30.5 Å². The smallest absolute Gasteiger partial charge is 0.0890 e. The summed E-state index contributed by atoms with van der Waals surface area (Å²) in [6, 6.07) is 8.70. The molecule has 1 aromatic carbocycles. The van der Waals surface area contributed by atoms with Gasteiger partial charge in [-0.2, -0.15) is 0 Å². The third-order valence-corrected chi connectivity index (χ3v) is 4.20. The fourth-order valence-corrected chi connectivity index (χ4v) is 3.16. The zero-order valence-corrected chi connectivity index (χ0v) is 12.0. The van der Waals surface area contributed by atoms with Crippen LogP contribution >= 0.6 is 0 Å². The highest BCUT2D eigenvalue weighted by Crippen LogP contribution is 2.24. The summed E-state index contributed by atoms with van der Waals surface area (Å²) in [5.41, 5.74) is 2.88. The van der Waals surface area contributed by atoms with Crippen molar-refractivity contribution in [2.24, 2.45) is 0 Å². The van der Waals surface area contributed by atoms with E-state index in [9.17, 15) is 5.11 Å². The van der Waals surface area contributed by atoms with E-state index in [-0.39, 0.29) is 6.10 Å². The highest BCUT2D eigenvalue weighted by Gasteiger charge is 2.29. The molecule has 4 heteroatoms. The van der Waals surface area contributed by atoms with Gasteiger partial charge in [-0.15, -0.1) is 0 Å². The lowest BCUT2D eigenvalue weighted by Crippen LogP contribution is -2.47. The van der Waals surface area contributed by atoms with Crippen molar-refractivity contribution >= 4 is 11.0 Å². The number of benzene rings is 1. The van der Waals surface area contributed by atoms with Crippen molar-refractivity contribution in [3.8, 4) is 0 Å². The van der Waals surface area contributed by atoms with E-state index in [4.69, 9.17) is 4.98 Å². The van der Waals surface area contributed by atoms with Crippen molar-refractivity contribution < 1.29 is 5.11 Å². The summed E-state index contributed by atoms with van der Waals surface area (Å²) in [7, 11) is 0. The van der Waals surface area contributed by atoms with Crippen molar-refractivity contribution in [2.75, 3.05) is 0 Å². The van der Waals surface area contributed by atoms with Crippen molar-refractivity contribution in [2.45, 2.75) is 51.4 Å². The molecule has 4 nitrogen and oxygen atoms in total. The maximum atomic E-state index is 9.82. The van der Waals surface area contributed by atoms with Crippen LogP contribution in [0.2, 0.25) is 0 Å². The number of fused-ring (bicyclic) bond motifs is 1. The average Bonchev–Trinajstić information content (AvgIpc) is 2.42. The molecule has 0 spiro atoms. The summed E-state index contributed by atoms with van der Waals surface area (Å²) >= 11 is 0. The lowest BCUT2D eigenvalue weighted by molar-refractivity contribution is 0.00797. The summed E-state index contributed by atoms with van der Waals surface area (Å²) < 4.78 is 0. The first-order chi connectivity index (χ1) is 9.63. The predicted molar refractivity (Wildman–Crippen MR) is 79.2 cm³/mol. The Hall–Kier alpha value is -1.52. The number of hydrogen-bond acceptors (Lipinski definition) is 4. The molecule has 2 atom stereocenters. The molecule has 1 aliphatic heterocycles. The van der Waals surface area contributed by atoms with Gasteiger partial charge in [0.2, 0.25) is 0 Å². The minimum absolute atomic E-state index is 0.168. The van der Waals surface area contributed by atoms with Crippen LogP contribution in [-0.4, -0.2) is 38.2 Å². The van der Waals surface area contributed by atoms with Gasteiger partial charge in [-0.05, 0) is 38.8 Å². The summed E-state index contributed by atoms with van der Waals surface area (Å²) in [4.78, 5) is 11.6. The van der Waals surface area contributed by atoms with Crippen LogP contribution in [0.15, 0.2) is 30.5 Å². The van der Waals surface area contributed by atoms with Gasteiger partial charge < -0.3 is 5.11 Å². The quantitative estimate of drug-likeness (QED) is 0.911. The standard InChI is InChI=1S/C16H21N3O/c1-11-7-14(20)8-12(2)19(11)10-13-9-17-15-5-3-4-6-16(15)18-13/h3-6,9,11-12,14,20H,7-8,10H2,1-2H3. The molecule has 2 unspecified atom stereocenters. The molecule has 2 aromatic rings. The van der Waals surface area contributed by atoms with Crippen LogP contribution in [0.5, 0.6) is 0 Å². The number of aromatic nitrogens is 2. The topological polar surface area (TPSA) is 49.2 Å². The minimum Gasteiger partial charge on any atom is -0.393 e. The number of rotatable bonds is 2. The van der Waals surface area contributed by atoms with Gasteiger partial charge in [0.1, 0.15) is 0 Å². The molecule has 1 aromatic heterocycles. The van der Waals surface area contributed by atoms with E-state index in [0.717, 1.165) is 36.1 Å². The summed E-state index contributed by atoms with van der Waals surface area (Å²) in [6.07, 6.45) is 3.38. The molecule has 106 valence electrons. The van der Waals surface area contributed by atoms with Crippen LogP contribution in [0.1, 0.15) is 32.4 Å². The molecule has 0 radical (unpaired) electrons. The summed E-state index contributed by atoms with van der Waals surface area (Å²) in [5, 5.41) is 9.82. The molecule has 0 aliphatic carbocycles. The molecular weight excluding hydrogens is 250 g/mol. The Morgan fingerprint density at radius 1 is 1.15 bits per heavy atom. The maximum Gasteiger partial charge on any atom is 0.0890 e. The SMILES string of the molecule is CC1CC(O)CC(C)N1Cc1cnc2ccccc2n1. The van der Waals surface area contributed by atoms with Crippen LogP contribution < -0.4 is 0 Å². The predicted octanol–water partition coefficient (Wildman–Crippen LogP) is 2.36. The van der Waals surface area contributed by atoms with Gasteiger partial charge in [0, 0.05) is 18.6 Å². The molecule has 0 bridgehead atoms. The Balaban J connectivity index is 1.81. The van der Waals surface area contributed by atoms with Crippen LogP contribution in [-0.2, 0) is 6.54 Å². The second kappa shape index (κ2) is 5.46. The first kappa shape index (κ1) is 13.5. The zero-order chi connectivity index (χ0) is 14.1. The Kier molecular flexibility index (Phi) is 3.68. The molecule has 1 aliphatic rings. The molecule has 0 amide bonds. The summed E-state index contributed by atoms with van der Waals surface area (Å²) in [6.45, 7) is 5.15. The Morgan fingerprint density at radius 2 is 1.80 bits per heavy atom. The largest absolute Gasteiger partial charge is 0.393 e. The Labute approximate surface area is 119 Å². The second-order valence-corrected chi connectivity index (χ2v) is 5.85. The van der Waals surface area contributed by atoms with Gasteiger partial charge in [0.05, 0.1) is 29.0 Å². The normalized spacial score (nSPS) is 27.9. The highest BCUT2D eigenvalue weighted by molar-refractivity contribution is 5.73. The van der Waals surface area contributed by atoms with Crippen LogP contribution in [0.25, 0.3) is 11.0 Å². The Bertz CT molecular complexity index is 589. The van der Waals surface area contributed by atoms with E-state index < -0.39 is 0 Å². The first-order valence-electron chi connectivity index (χ1n) is 7.28.